The Morgan fingerprint density at radius 3 is 1.17 bits per heavy atom. The lowest BCUT2D eigenvalue weighted by Crippen LogP contribution is -2.22. The SMILES string of the molecule is CCCCOP(=O)(OCCCC)C(CC(=O)O)P(=O)(OCCCC)OCCCC. The quantitative estimate of drug-likeness (QED) is 0.164. The molecule has 0 heterocycles. The van der Waals surface area contributed by atoms with E-state index in [1.165, 1.54) is 0 Å². The fourth-order valence-electron chi connectivity index (χ4n) is 2.32. The molecule has 0 amide bonds. The van der Waals surface area contributed by atoms with Crippen LogP contribution in [-0.4, -0.2) is 42.9 Å². The molecule has 0 aliphatic heterocycles. The summed E-state index contributed by atoms with van der Waals surface area (Å²) in [6.07, 6.45) is 5.03. The van der Waals surface area contributed by atoms with E-state index in [1.807, 2.05) is 27.7 Å². The van der Waals surface area contributed by atoms with Crippen LogP contribution in [0.25, 0.3) is 0 Å². The van der Waals surface area contributed by atoms with Crippen LogP contribution in [0.3, 0.4) is 0 Å². The van der Waals surface area contributed by atoms with Gasteiger partial charge in [-0.15, -0.1) is 0 Å². The molecule has 0 aliphatic rings. The minimum absolute atomic E-state index is 0.125. The Hall–Kier alpha value is -0.230. The van der Waals surface area contributed by atoms with Gasteiger partial charge in [-0.05, 0) is 25.7 Å². The Bertz CT molecular complexity index is 460. The van der Waals surface area contributed by atoms with Gasteiger partial charge in [0.15, 0.2) is 5.40 Å². The van der Waals surface area contributed by atoms with Crippen molar-refractivity contribution in [3.63, 3.8) is 0 Å². The highest BCUT2D eigenvalue weighted by Gasteiger charge is 2.52. The molecule has 0 rings (SSSR count). The molecule has 1 N–H and O–H groups in total. The lowest BCUT2D eigenvalue weighted by Gasteiger charge is -2.31. The molecule has 29 heavy (non-hydrogen) atoms. The molecule has 0 bridgehead atoms. The summed E-state index contributed by atoms with van der Waals surface area (Å²) in [5.74, 6) is -1.26. The van der Waals surface area contributed by atoms with Crippen LogP contribution in [-0.2, 0) is 32.0 Å². The molecular formula is C19H40O8P2. The summed E-state index contributed by atoms with van der Waals surface area (Å²) in [5.41, 5.74) is 0. The van der Waals surface area contributed by atoms with E-state index in [-0.39, 0.29) is 26.4 Å². The monoisotopic (exact) mass is 458 g/mol. The number of aliphatic carboxylic acids is 1. The second-order valence-corrected chi connectivity index (χ2v) is 11.8. The van der Waals surface area contributed by atoms with Crippen molar-refractivity contribution in [1.29, 1.82) is 0 Å². The van der Waals surface area contributed by atoms with Gasteiger partial charge in [-0.2, -0.15) is 0 Å². The zero-order valence-corrected chi connectivity index (χ0v) is 20.3. The highest BCUT2D eigenvalue weighted by atomic mass is 31.2. The van der Waals surface area contributed by atoms with Gasteiger partial charge in [0.1, 0.15) is 0 Å². The second kappa shape index (κ2) is 16.5. The highest BCUT2D eigenvalue weighted by molar-refractivity contribution is 7.72. The van der Waals surface area contributed by atoms with E-state index < -0.39 is 33.0 Å². The van der Waals surface area contributed by atoms with Gasteiger partial charge >= 0.3 is 21.2 Å². The Kier molecular flexibility index (Phi) is 16.3. The van der Waals surface area contributed by atoms with Gasteiger partial charge in [-0.1, -0.05) is 53.4 Å². The van der Waals surface area contributed by atoms with Gasteiger partial charge in [0.05, 0.1) is 32.8 Å². The predicted molar refractivity (Wildman–Crippen MR) is 115 cm³/mol. The van der Waals surface area contributed by atoms with Crippen LogP contribution in [0, 0.1) is 0 Å². The smallest absolute Gasteiger partial charge is 0.346 e. The van der Waals surface area contributed by atoms with E-state index in [9.17, 15) is 19.0 Å². The summed E-state index contributed by atoms with van der Waals surface area (Å²) in [6, 6.07) is 0. The molecule has 0 radical (unpaired) electrons. The Morgan fingerprint density at radius 1 is 0.690 bits per heavy atom. The molecule has 174 valence electrons. The van der Waals surface area contributed by atoms with Crippen molar-refractivity contribution in [1.82, 2.24) is 0 Å². The number of carboxylic acids is 1. The number of carboxylic acid groups (broad SMARTS) is 1. The maximum absolute atomic E-state index is 13.7. The van der Waals surface area contributed by atoms with Gasteiger partial charge in [0, 0.05) is 0 Å². The van der Waals surface area contributed by atoms with Crippen molar-refractivity contribution in [2.45, 2.75) is 90.9 Å². The molecule has 0 unspecified atom stereocenters. The molecule has 0 aliphatic carbocycles. The third-order valence-corrected chi connectivity index (χ3v) is 9.86. The summed E-state index contributed by atoms with van der Waals surface area (Å²) < 4.78 is 49.6. The maximum atomic E-state index is 13.7. The normalized spacial score (nSPS) is 12.6. The lowest BCUT2D eigenvalue weighted by atomic mass is 10.4. The summed E-state index contributed by atoms with van der Waals surface area (Å²) >= 11 is 0. The molecule has 0 spiro atoms. The van der Waals surface area contributed by atoms with Gasteiger partial charge in [0.2, 0.25) is 0 Å². The first-order valence-electron chi connectivity index (χ1n) is 10.8. The highest BCUT2D eigenvalue weighted by Crippen LogP contribution is 2.71. The standard InChI is InChI=1S/C19H40O8P2/c1-5-9-13-24-28(22,25-14-10-6-2)19(17-18(20)21)29(23,26-15-11-7-3)27-16-12-8-4/h19H,5-17H2,1-4H3,(H,20,21). The second-order valence-electron chi connectivity index (χ2n) is 6.91. The van der Waals surface area contributed by atoms with E-state index in [1.54, 1.807) is 0 Å². The van der Waals surface area contributed by atoms with Crippen LogP contribution < -0.4 is 0 Å². The molecular weight excluding hydrogens is 418 g/mol. The first-order chi connectivity index (χ1) is 13.8. The van der Waals surface area contributed by atoms with E-state index in [0.29, 0.717) is 25.7 Å². The molecule has 10 heteroatoms. The largest absolute Gasteiger partial charge is 0.481 e. The molecule has 0 aromatic carbocycles. The van der Waals surface area contributed by atoms with Gasteiger partial charge in [-0.25, -0.2) is 0 Å². The van der Waals surface area contributed by atoms with Crippen LogP contribution in [0.2, 0.25) is 0 Å². The van der Waals surface area contributed by atoms with Crippen molar-refractivity contribution in [3.8, 4) is 0 Å². The van der Waals surface area contributed by atoms with Crippen LogP contribution in [0.5, 0.6) is 0 Å². The average molecular weight is 458 g/mol. The van der Waals surface area contributed by atoms with E-state index in [4.69, 9.17) is 18.1 Å². The summed E-state index contributed by atoms with van der Waals surface area (Å²) in [7, 11) is -8.11. The minimum Gasteiger partial charge on any atom is -0.481 e. The lowest BCUT2D eigenvalue weighted by molar-refractivity contribution is -0.136. The van der Waals surface area contributed by atoms with Crippen LogP contribution in [0.4, 0.5) is 0 Å². The van der Waals surface area contributed by atoms with Gasteiger partial charge in [-0.3, -0.25) is 13.9 Å². The minimum atomic E-state index is -4.06. The van der Waals surface area contributed by atoms with Crippen molar-refractivity contribution in [2.24, 2.45) is 0 Å². The van der Waals surface area contributed by atoms with Crippen LogP contribution >= 0.6 is 15.2 Å². The first-order valence-corrected chi connectivity index (χ1v) is 14.0. The fraction of sp³-hybridized carbons (Fsp3) is 0.947. The topological polar surface area (TPSA) is 108 Å². The number of hydrogen-bond acceptors (Lipinski definition) is 7. The van der Waals surface area contributed by atoms with E-state index in [2.05, 4.69) is 0 Å². The zero-order valence-electron chi connectivity index (χ0n) is 18.5. The molecule has 8 nitrogen and oxygen atoms in total. The van der Waals surface area contributed by atoms with Gasteiger partial charge in [0.25, 0.3) is 0 Å². The maximum Gasteiger partial charge on any atom is 0.346 e. The Morgan fingerprint density at radius 2 is 0.966 bits per heavy atom. The molecule has 0 saturated heterocycles. The predicted octanol–water partition coefficient (Wildman–Crippen LogP) is 6.44. The van der Waals surface area contributed by atoms with Crippen LogP contribution in [0.1, 0.15) is 85.5 Å². The number of unbranched alkanes of at least 4 members (excludes halogenated alkanes) is 4. The first kappa shape index (κ1) is 28.8. The fourth-order valence-corrected chi connectivity index (χ4v) is 7.63. The summed E-state index contributed by atoms with van der Waals surface area (Å²) in [4.78, 5) is 11.6. The van der Waals surface area contributed by atoms with E-state index >= 15 is 0 Å². The Labute approximate surface area is 176 Å². The molecule has 0 aromatic heterocycles. The van der Waals surface area contributed by atoms with E-state index in [0.717, 1.165) is 25.7 Å². The zero-order chi connectivity index (χ0) is 22.2. The summed E-state index contributed by atoms with van der Waals surface area (Å²) in [6.45, 7) is 8.31. The molecule has 0 fully saturated rings. The van der Waals surface area contributed by atoms with Gasteiger partial charge < -0.3 is 23.2 Å². The number of carbonyl (C=O) groups is 1. The molecule has 0 saturated carbocycles. The van der Waals surface area contributed by atoms with Crippen molar-refractivity contribution in [2.75, 3.05) is 26.4 Å². The molecule has 0 aromatic rings. The Balaban J connectivity index is 5.87. The van der Waals surface area contributed by atoms with Crippen molar-refractivity contribution >= 4 is 21.2 Å². The third-order valence-electron chi connectivity index (χ3n) is 4.16. The average Bonchev–Trinajstić information content (AvgIpc) is 2.67. The number of hydrogen-bond donors (Lipinski definition) is 1. The number of rotatable bonds is 20. The summed E-state index contributed by atoms with van der Waals surface area (Å²) in [5, 5.41) is 7.94. The molecule has 0 atom stereocenters. The van der Waals surface area contributed by atoms with Crippen LogP contribution in [0.15, 0.2) is 0 Å². The third kappa shape index (κ3) is 11.7. The van der Waals surface area contributed by atoms with Crippen molar-refractivity contribution < 1.29 is 37.1 Å². The van der Waals surface area contributed by atoms with Crippen molar-refractivity contribution in [3.05, 3.63) is 0 Å².